The molecule has 0 bridgehead atoms. The highest BCUT2D eigenvalue weighted by molar-refractivity contribution is 7.59. The number of benzene rings is 2. The van der Waals surface area contributed by atoms with Crippen LogP contribution in [0.5, 0.6) is 0 Å². The number of alkyl carbamates (subject to hydrolysis) is 1. The summed E-state index contributed by atoms with van der Waals surface area (Å²) in [4.78, 5) is 38.8. The van der Waals surface area contributed by atoms with Crippen molar-refractivity contribution in [2.24, 2.45) is 5.92 Å². The van der Waals surface area contributed by atoms with Crippen LogP contribution >= 0.6 is 36.7 Å². The van der Waals surface area contributed by atoms with E-state index >= 15 is 0 Å². The average molecular weight is 584 g/mol. The lowest BCUT2D eigenvalue weighted by Gasteiger charge is -2.32. The topological polar surface area (TPSA) is 99.8 Å². The molecule has 1 fully saturated rings. The molecule has 0 aliphatic carbocycles. The van der Waals surface area contributed by atoms with Gasteiger partial charge in [-0.05, 0) is 69.4 Å². The molecule has 208 valence electrons. The van der Waals surface area contributed by atoms with Crippen molar-refractivity contribution in [2.75, 3.05) is 30.3 Å². The Morgan fingerprint density at radius 2 is 1.58 bits per heavy atom. The van der Waals surface area contributed by atoms with Crippen molar-refractivity contribution in [3.8, 4) is 0 Å². The molecule has 1 heterocycles. The van der Waals surface area contributed by atoms with Gasteiger partial charge in [-0.1, -0.05) is 48.3 Å². The van der Waals surface area contributed by atoms with Crippen molar-refractivity contribution in [2.45, 2.75) is 52.1 Å². The fraction of sp³-hybridized carbons (Fsp3) is 0.444. The van der Waals surface area contributed by atoms with E-state index in [0.717, 1.165) is 18.4 Å². The highest BCUT2D eigenvalue weighted by Crippen LogP contribution is 2.32. The van der Waals surface area contributed by atoms with Crippen LogP contribution in [0.25, 0.3) is 0 Å². The maximum atomic E-state index is 12.7. The van der Waals surface area contributed by atoms with Crippen LogP contribution in [0.15, 0.2) is 42.5 Å². The third kappa shape index (κ3) is 9.29. The maximum absolute atomic E-state index is 12.7. The van der Waals surface area contributed by atoms with E-state index < -0.39 is 17.6 Å². The Balaban J connectivity index is 0.00000507. The van der Waals surface area contributed by atoms with E-state index in [4.69, 9.17) is 27.9 Å². The van der Waals surface area contributed by atoms with Gasteiger partial charge in [-0.2, -0.15) is 13.5 Å². The first-order chi connectivity index (χ1) is 17.4. The van der Waals surface area contributed by atoms with Gasteiger partial charge < -0.3 is 25.6 Å². The second-order valence-corrected chi connectivity index (χ2v) is 11.0. The molecule has 0 spiro atoms. The summed E-state index contributed by atoms with van der Waals surface area (Å²) in [7, 11) is 0. The molecule has 1 saturated heterocycles. The van der Waals surface area contributed by atoms with Crippen LogP contribution in [0.1, 0.15) is 52.0 Å². The predicted molar refractivity (Wildman–Crippen MR) is 158 cm³/mol. The Labute approximate surface area is 241 Å². The van der Waals surface area contributed by atoms with Crippen LogP contribution in [0, 0.1) is 5.92 Å². The highest BCUT2D eigenvalue weighted by atomic mass is 35.5. The van der Waals surface area contributed by atoms with E-state index in [1.165, 1.54) is 0 Å². The Morgan fingerprint density at radius 3 is 2.13 bits per heavy atom. The number of piperidine rings is 1. The molecule has 1 atom stereocenters. The molecule has 2 aromatic carbocycles. The molecule has 1 aliphatic heterocycles. The third-order valence-corrected chi connectivity index (χ3v) is 6.66. The molecule has 3 rings (SSSR count). The molecule has 3 N–H and O–H groups in total. The van der Waals surface area contributed by atoms with Crippen LogP contribution in [-0.4, -0.2) is 48.2 Å². The number of para-hydroxylation sites is 1. The van der Waals surface area contributed by atoms with Gasteiger partial charge in [-0.15, -0.1) is 0 Å². The first-order valence-electron chi connectivity index (χ1n) is 12.3. The van der Waals surface area contributed by atoms with Crippen molar-refractivity contribution < 1.29 is 19.1 Å². The minimum atomic E-state index is -0.592. The molecule has 0 radical (unpaired) electrons. The fourth-order valence-corrected chi connectivity index (χ4v) is 4.46. The summed E-state index contributed by atoms with van der Waals surface area (Å²) in [6.07, 6.45) is 1.10. The summed E-state index contributed by atoms with van der Waals surface area (Å²) in [6, 6.07) is 12.6. The summed E-state index contributed by atoms with van der Waals surface area (Å²) in [5, 5.41) is 9.12. The number of ether oxygens (including phenoxy) is 1. The number of hydrogen-bond donors (Lipinski definition) is 3. The molecule has 2 aromatic rings. The van der Waals surface area contributed by atoms with Crippen molar-refractivity contribution in [3.05, 3.63) is 58.1 Å². The molecule has 0 aromatic heterocycles. The maximum Gasteiger partial charge on any atom is 0.407 e. The normalized spacial score (nSPS) is 14.6. The second kappa shape index (κ2) is 14.0. The minimum absolute atomic E-state index is 0. The number of nitrogens with zero attached hydrogens (tertiary/aromatic N) is 1. The number of carbonyl (C=O) groups excluding carboxylic acids is 3. The second-order valence-electron chi connectivity index (χ2n) is 10.2. The number of urea groups is 1. The molecular weight excluding hydrogens is 547 g/mol. The molecule has 1 aliphatic rings. The lowest BCUT2D eigenvalue weighted by atomic mass is 9.89. The zero-order valence-corrected chi connectivity index (χ0v) is 24.6. The monoisotopic (exact) mass is 582 g/mol. The smallest absolute Gasteiger partial charge is 0.407 e. The number of anilines is 2. The number of carbonyl (C=O) groups is 3. The van der Waals surface area contributed by atoms with Crippen LogP contribution in [0.4, 0.5) is 21.0 Å². The molecule has 8 nitrogen and oxygen atoms in total. The first kappa shape index (κ1) is 31.6. The van der Waals surface area contributed by atoms with Gasteiger partial charge in [0.05, 0.1) is 21.7 Å². The average Bonchev–Trinajstić information content (AvgIpc) is 2.84. The lowest BCUT2D eigenvalue weighted by molar-refractivity contribution is -0.119. The molecular formula is C27H36Cl2N4O4S. The van der Waals surface area contributed by atoms with Gasteiger partial charge in [0.25, 0.3) is 0 Å². The van der Waals surface area contributed by atoms with Gasteiger partial charge in [-0.25, -0.2) is 9.59 Å². The fourth-order valence-electron chi connectivity index (χ4n) is 3.97. The molecule has 38 heavy (non-hydrogen) atoms. The third-order valence-electron chi connectivity index (χ3n) is 6.03. The van der Waals surface area contributed by atoms with E-state index in [1.54, 1.807) is 50.8 Å². The molecule has 4 amide bonds. The van der Waals surface area contributed by atoms with Crippen molar-refractivity contribution in [1.82, 2.24) is 10.2 Å². The highest BCUT2D eigenvalue weighted by Gasteiger charge is 2.25. The zero-order valence-electron chi connectivity index (χ0n) is 22.1. The van der Waals surface area contributed by atoms with Gasteiger partial charge in [0.1, 0.15) is 5.60 Å². The summed E-state index contributed by atoms with van der Waals surface area (Å²) in [6.45, 7) is 8.48. The van der Waals surface area contributed by atoms with Crippen LogP contribution in [0.2, 0.25) is 10.0 Å². The largest absolute Gasteiger partial charge is 0.444 e. The first-order valence-corrected chi connectivity index (χ1v) is 13.1. The van der Waals surface area contributed by atoms with Gasteiger partial charge >= 0.3 is 12.1 Å². The summed E-state index contributed by atoms with van der Waals surface area (Å²) in [5.41, 5.74) is 1.68. The van der Waals surface area contributed by atoms with Gasteiger partial charge in [0.2, 0.25) is 5.91 Å². The van der Waals surface area contributed by atoms with Crippen LogP contribution in [-0.2, 0) is 9.53 Å². The van der Waals surface area contributed by atoms with Crippen LogP contribution < -0.4 is 16.0 Å². The summed E-state index contributed by atoms with van der Waals surface area (Å²) < 4.78 is 5.20. The van der Waals surface area contributed by atoms with E-state index in [1.807, 2.05) is 24.3 Å². The van der Waals surface area contributed by atoms with Crippen molar-refractivity contribution in [3.63, 3.8) is 0 Å². The lowest BCUT2D eigenvalue weighted by Crippen LogP contribution is -2.40. The van der Waals surface area contributed by atoms with Gasteiger partial charge in [0.15, 0.2) is 0 Å². The van der Waals surface area contributed by atoms with E-state index in [0.29, 0.717) is 40.4 Å². The van der Waals surface area contributed by atoms with Crippen LogP contribution in [0.3, 0.4) is 0 Å². The number of nitrogens with one attached hydrogen (secondary N) is 3. The molecule has 0 saturated carbocycles. The molecule has 11 heteroatoms. The Bertz CT molecular complexity index is 1100. The van der Waals surface area contributed by atoms with Crippen molar-refractivity contribution >= 4 is 66.1 Å². The van der Waals surface area contributed by atoms with Gasteiger partial charge in [-0.3, -0.25) is 4.79 Å². The Kier molecular flexibility index (Phi) is 11.6. The Morgan fingerprint density at radius 1 is 1.00 bits per heavy atom. The van der Waals surface area contributed by atoms with E-state index in [-0.39, 0.29) is 32.0 Å². The number of hydrogen-bond acceptors (Lipinski definition) is 4. The van der Waals surface area contributed by atoms with Gasteiger partial charge in [0, 0.05) is 25.3 Å². The SMILES string of the molecule is CC(CNC(=O)OC(C)(C)C)C(=O)Nc1ccc(C2CCN(C(=O)Nc3c(Cl)cccc3Cl)CC2)cc1.S. The summed E-state index contributed by atoms with van der Waals surface area (Å²) in [5.74, 6) is -0.306. The Hall–Kier alpha value is -2.62. The van der Waals surface area contributed by atoms with Crippen molar-refractivity contribution in [1.29, 1.82) is 0 Å². The number of halogens is 2. The quantitative estimate of drug-likeness (QED) is 0.356. The minimum Gasteiger partial charge on any atom is -0.444 e. The van der Waals surface area contributed by atoms with E-state index in [2.05, 4.69) is 16.0 Å². The summed E-state index contributed by atoms with van der Waals surface area (Å²) >= 11 is 12.3. The zero-order chi connectivity index (χ0) is 27.2. The standard InChI is InChI=1S/C27H34Cl2N4O4.H2S/c1-17(16-30-26(36)37-27(2,3)4)24(34)31-20-10-8-18(9-11-20)19-12-14-33(15-13-19)25(35)32-23-21(28)6-5-7-22(23)29;/h5-11,17,19H,12-16H2,1-4H3,(H,30,36)(H,31,34)(H,32,35);1H2. The number of amides is 4. The molecule has 1 unspecified atom stereocenters. The predicted octanol–water partition coefficient (Wildman–Crippen LogP) is 6.62. The van der Waals surface area contributed by atoms with E-state index in [9.17, 15) is 14.4 Å². The number of rotatable bonds is 6. The number of likely N-dealkylation sites (tertiary alicyclic amines) is 1.